The van der Waals surface area contributed by atoms with Crippen LogP contribution in [-0.2, 0) is 12.7 Å². The lowest BCUT2D eigenvalue weighted by Gasteiger charge is -2.40. The minimum absolute atomic E-state index is 0.00278. The number of rotatable bonds is 9. The molecule has 1 aliphatic heterocycles. The Hall–Kier alpha value is -3.35. The summed E-state index contributed by atoms with van der Waals surface area (Å²) in [6, 6.07) is 9.36. The molecule has 2 aromatic heterocycles. The fraction of sp³-hybridized carbons (Fsp3) is 0.464. The average Bonchev–Trinajstić information content (AvgIpc) is 3.30. The Balaban J connectivity index is 1.68. The zero-order valence-electron chi connectivity index (χ0n) is 22.6. The summed E-state index contributed by atoms with van der Waals surface area (Å²) < 4.78 is 50.6. The Kier molecular flexibility index (Phi) is 8.18. The molecule has 0 spiro atoms. The largest absolute Gasteiger partial charge is 0.474 e. The number of carbonyl (C=O) groups is 1. The van der Waals surface area contributed by atoms with Crippen LogP contribution in [0.25, 0.3) is 11.4 Å². The van der Waals surface area contributed by atoms with Crippen LogP contribution in [0.15, 0.2) is 36.4 Å². The number of aromatic nitrogens is 3. The van der Waals surface area contributed by atoms with Gasteiger partial charge in [0.15, 0.2) is 17.2 Å². The van der Waals surface area contributed by atoms with Crippen molar-refractivity contribution in [2.45, 2.75) is 58.3 Å². The standard InChI is InChI=1S/C28H31ClF3N5O4/c1-3-35-25-22(26(39)36(27(35)40)13-4-14-38)37(15-17-6-8-18(29)9-7-17)24(34-25)19-10-12-21(33-23(19)28(30,31)32)41-20-11-5-16(20)2/h6-10,12,16,20,27,38,40H,3-5,11,13-15H2,1-2H3. The van der Waals surface area contributed by atoms with E-state index in [0.29, 0.717) is 10.6 Å². The number of benzene rings is 1. The number of hydrogen-bond donors (Lipinski definition) is 2. The molecule has 1 aliphatic carbocycles. The highest BCUT2D eigenvalue weighted by Crippen LogP contribution is 2.41. The molecule has 1 saturated carbocycles. The molecule has 1 fully saturated rings. The van der Waals surface area contributed by atoms with Crippen LogP contribution in [0.5, 0.6) is 5.88 Å². The number of halogens is 4. The van der Waals surface area contributed by atoms with E-state index < -0.39 is 24.1 Å². The maximum absolute atomic E-state index is 14.5. The van der Waals surface area contributed by atoms with E-state index >= 15 is 0 Å². The fourth-order valence-corrected chi connectivity index (χ4v) is 5.27. The van der Waals surface area contributed by atoms with Gasteiger partial charge in [0.05, 0.1) is 0 Å². The van der Waals surface area contributed by atoms with Gasteiger partial charge in [0.25, 0.3) is 5.91 Å². The smallest absolute Gasteiger partial charge is 0.434 e. The number of alkyl halides is 3. The monoisotopic (exact) mass is 593 g/mol. The van der Waals surface area contributed by atoms with Gasteiger partial charge in [-0.1, -0.05) is 30.7 Å². The number of carbonyl (C=O) groups excluding carboxylic acids is 1. The number of anilines is 1. The zero-order chi connectivity index (χ0) is 29.5. The van der Waals surface area contributed by atoms with E-state index in [4.69, 9.17) is 16.3 Å². The molecule has 220 valence electrons. The molecule has 3 heterocycles. The van der Waals surface area contributed by atoms with Gasteiger partial charge in [-0.2, -0.15) is 13.2 Å². The maximum Gasteiger partial charge on any atom is 0.434 e. The summed E-state index contributed by atoms with van der Waals surface area (Å²) in [4.78, 5) is 24.8. The second-order valence-electron chi connectivity index (χ2n) is 10.3. The number of aliphatic hydroxyl groups is 2. The number of imidazole rings is 1. The van der Waals surface area contributed by atoms with Crippen LogP contribution in [0.2, 0.25) is 5.02 Å². The molecule has 1 aromatic carbocycles. The number of ether oxygens (including phenoxy) is 1. The molecular formula is C28H31ClF3N5O4. The van der Waals surface area contributed by atoms with E-state index in [1.54, 1.807) is 31.2 Å². The van der Waals surface area contributed by atoms with Gasteiger partial charge >= 0.3 is 6.18 Å². The van der Waals surface area contributed by atoms with Crippen molar-refractivity contribution in [1.82, 2.24) is 19.4 Å². The second kappa shape index (κ2) is 11.5. The van der Waals surface area contributed by atoms with Crippen LogP contribution in [0.4, 0.5) is 19.0 Å². The van der Waals surface area contributed by atoms with Crippen molar-refractivity contribution in [2.24, 2.45) is 5.92 Å². The van der Waals surface area contributed by atoms with Crippen LogP contribution in [0.1, 0.15) is 54.9 Å². The number of hydrogen-bond acceptors (Lipinski definition) is 7. The first-order chi connectivity index (χ1) is 19.5. The second-order valence-corrected chi connectivity index (χ2v) is 10.7. The summed E-state index contributed by atoms with van der Waals surface area (Å²) in [5.41, 5.74) is -0.818. The van der Waals surface area contributed by atoms with Crippen molar-refractivity contribution < 1.29 is 32.9 Å². The minimum Gasteiger partial charge on any atom is -0.474 e. The molecule has 13 heteroatoms. The molecule has 2 N–H and O–H groups in total. The van der Waals surface area contributed by atoms with Crippen molar-refractivity contribution in [2.75, 3.05) is 24.6 Å². The molecule has 3 atom stereocenters. The maximum atomic E-state index is 14.5. The van der Waals surface area contributed by atoms with Gasteiger partial charge < -0.3 is 24.4 Å². The SMILES string of the molecule is CCN1c2nc(-c3ccc(OC4CCC4C)nc3C(F)(F)F)n(Cc3ccc(Cl)cc3)c2C(=O)N(CCCO)C1O. The summed E-state index contributed by atoms with van der Waals surface area (Å²) in [6.45, 7) is 3.75. The topological polar surface area (TPSA) is 104 Å². The van der Waals surface area contributed by atoms with Gasteiger partial charge in [-0.25, -0.2) is 9.97 Å². The van der Waals surface area contributed by atoms with Gasteiger partial charge in [-0.3, -0.25) is 9.69 Å². The highest BCUT2D eigenvalue weighted by atomic mass is 35.5. The predicted octanol–water partition coefficient (Wildman–Crippen LogP) is 4.78. The lowest BCUT2D eigenvalue weighted by atomic mass is 9.84. The van der Waals surface area contributed by atoms with E-state index in [9.17, 15) is 28.2 Å². The minimum atomic E-state index is -4.85. The van der Waals surface area contributed by atoms with Crippen LogP contribution in [0.3, 0.4) is 0 Å². The van der Waals surface area contributed by atoms with E-state index in [2.05, 4.69) is 9.97 Å². The third-order valence-corrected chi connectivity index (χ3v) is 7.84. The Morgan fingerprint density at radius 1 is 1.10 bits per heavy atom. The summed E-state index contributed by atoms with van der Waals surface area (Å²) in [7, 11) is 0. The lowest BCUT2D eigenvalue weighted by Crippen LogP contribution is -2.56. The highest BCUT2D eigenvalue weighted by molar-refractivity contribution is 6.30. The molecule has 5 rings (SSSR count). The highest BCUT2D eigenvalue weighted by Gasteiger charge is 2.43. The molecule has 0 saturated heterocycles. The predicted molar refractivity (Wildman–Crippen MR) is 146 cm³/mol. The van der Waals surface area contributed by atoms with Crippen molar-refractivity contribution in [3.63, 3.8) is 0 Å². The van der Waals surface area contributed by atoms with Crippen molar-refractivity contribution in [1.29, 1.82) is 0 Å². The number of pyridine rings is 1. The molecule has 2 aliphatic rings. The molecule has 3 unspecified atom stereocenters. The van der Waals surface area contributed by atoms with Crippen LogP contribution < -0.4 is 9.64 Å². The Morgan fingerprint density at radius 3 is 2.41 bits per heavy atom. The summed E-state index contributed by atoms with van der Waals surface area (Å²) in [6.07, 6.45) is -4.56. The van der Waals surface area contributed by atoms with Crippen molar-refractivity contribution in [3.8, 4) is 17.3 Å². The Morgan fingerprint density at radius 2 is 1.83 bits per heavy atom. The third kappa shape index (κ3) is 5.60. The number of aliphatic hydroxyl groups excluding tert-OH is 2. The Labute approximate surface area is 240 Å². The van der Waals surface area contributed by atoms with Gasteiger partial charge in [0.2, 0.25) is 12.2 Å². The van der Waals surface area contributed by atoms with Crippen LogP contribution in [-0.4, -0.2) is 67.7 Å². The third-order valence-electron chi connectivity index (χ3n) is 7.59. The van der Waals surface area contributed by atoms with Gasteiger partial charge in [-0.15, -0.1) is 0 Å². The van der Waals surface area contributed by atoms with Crippen LogP contribution in [0, 0.1) is 5.92 Å². The molecule has 3 aromatic rings. The van der Waals surface area contributed by atoms with Crippen molar-refractivity contribution in [3.05, 3.63) is 58.4 Å². The zero-order valence-corrected chi connectivity index (χ0v) is 23.4. The van der Waals surface area contributed by atoms with Gasteiger partial charge in [0.1, 0.15) is 11.9 Å². The first-order valence-electron chi connectivity index (χ1n) is 13.5. The molecular weight excluding hydrogens is 563 g/mol. The molecule has 9 nitrogen and oxygen atoms in total. The molecule has 0 bridgehead atoms. The fourth-order valence-electron chi connectivity index (χ4n) is 5.14. The Bertz CT molecular complexity index is 1410. The van der Waals surface area contributed by atoms with Crippen LogP contribution >= 0.6 is 11.6 Å². The summed E-state index contributed by atoms with van der Waals surface area (Å²) in [5, 5.41) is 20.8. The number of fused-ring (bicyclic) bond motifs is 1. The lowest BCUT2D eigenvalue weighted by molar-refractivity contribution is -0.141. The quantitative estimate of drug-likeness (QED) is 0.368. The molecule has 1 amide bonds. The van der Waals surface area contributed by atoms with E-state index in [1.807, 2.05) is 6.92 Å². The summed E-state index contributed by atoms with van der Waals surface area (Å²) in [5.74, 6) is -0.585. The molecule has 41 heavy (non-hydrogen) atoms. The summed E-state index contributed by atoms with van der Waals surface area (Å²) >= 11 is 6.05. The van der Waals surface area contributed by atoms with Gasteiger partial charge in [-0.05, 0) is 55.9 Å². The van der Waals surface area contributed by atoms with E-state index in [1.165, 1.54) is 26.5 Å². The van der Waals surface area contributed by atoms with Gasteiger partial charge in [0, 0.05) is 42.9 Å². The van der Waals surface area contributed by atoms with E-state index in [0.717, 1.165) is 12.8 Å². The van der Waals surface area contributed by atoms with Crippen molar-refractivity contribution >= 4 is 23.3 Å². The van der Waals surface area contributed by atoms with E-state index in [-0.39, 0.29) is 73.5 Å². The first-order valence-corrected chi connectivity index (χ1v) is 13.9. The number of nitrogens with zero attached hydrogens (tertiary/aromatic N) is 5. The molecule has 0 radical (unpaired) electrons. The normalized spacial score (nSPS) is 20.7. The first kappa shape index (κ1) is 29.2. The average molecular weight is 594 g/mol. The number of amides is 1.